The first kappa shape index (κ1) is 12.2. The van der Waals surface area contributed by atoms with E-state index in [0.29, 0.717) is 24.8 Å². The minimum absolute atomic E-state index is 0.0759. The highest BCUT2D eigenvalue weighted by atomic mass is 35.5. The van der Waals surface area contributed by atoms with E-state index in [1.807, 2.05) is 23.1 Å². The molecule has 1 N–H and O–H groups in total. The third-order valence-corrected chi connectivity index (χ3v) is 3.01. The van der Waals surface area contributed by atoms with Crippen LogP contribution in [-0.4, -0.2) is 36.9 Å². The Labute approximate surface area is 105 Å². The largest absolute Gasteiger partial charge is 0.481 e. The molecule has 0 radical (unpaired) electrons. The SMILES string of the molecule is O=C(O)CC1COCCN1c1cccc(Cl)c1. The van der Waals surface area contributed by atoms with Crippen LogP contribution in [0.4, 0.5) is 5.69 Å². The maximum Gasteiger partial charge on any atom is 0.305 e. The summed E-state index contributed by atoms with van der Waals surface area (Å²) in [6, 6.07) is 7.33. The topological polar surface area (TPSA) is 49.8 Å². The van der Waals surface area contributed by atoms with Gasteiger partial charge in [0.05, 0.1) is 25.7 Å². The van der Waals surface area contributed by atoms with Crippen LogP contribution in [0.5, 0.6) is 0 Å². The first-order chi connectivity index (χ1) is 8.16. The van der Waals surface area contributed by atoms with E-state index in [0.717, 1.165) is 5.69 Å². The van der Waals surface area contributed by atoms with Gasteiger partial charge in [-0.1, -0.05) is 17.7 Å². The molecule has 5 heteroatoms. The Morgan fingerprint density at radius 1 is 1.59 bits per heavy atom. The van der Waals surface area contributed by atoms with E-state index < -0.39 is 5.97 Å². The highest BCUT2D eigenvalue weighted by Crippen LogP contribution is 2.24. The fraction of sp³-hybridized carbons (Fsp3) is 0.417. The molecule has 1 heterocycles. The van der Waals surface area contributed by atoms with E-state index >= 15 is 0 Å². The van der Waals surface area contributed by atoms with Crippen molar-refractivity contribution >= 4 is 23.3 Å². The van der Waals surface area contributed by atoms with E-state index in [9.17, 15) is 4.79 Å². The van der Waals surface area contributed by atoms with Crippen molar-refractivity contribution in [1.82, 2.24) is 0 Å². The second kappa shape index (κ2) is 5.38. The van der Waals surface area contributed by atoms with E-state index in [4.69, 9.17) is 21.4 Å². The minimum atomic E-state index is -0.812. The summed E-state index contributed by atoms with van der Waals surface area (Å²) in [5, 5.41) is 9.53. The van der Waals surface area contributed by atoms with Gasteiger partial charge in [-0.05, 0) is 18.2 Å². The van der Waals surface area contributed by atoms with Gasteiger partial charge in [0.1, 0.15) is 0 Å². The molecule has 0 amide bonds. The third-order valence-electron chi connectivity index (χ3n) is 2.78. The van der Waals surface area contributed by atoms with Crippen LogP contribution in [0.2, 0.25) is 5.02 Å². The van der Waals surface area contributed by atoms with Crippen molar-refractivity contribution < 1.29 is 14.6 Å². The normalized spacial score (nSPS) is 20.3. The number of anilines is 1. The van der Waals surface area contributed by atoms with Gasteiger partial charge in [0.25, 0.3) is 0 Å². The molecule has 1 unspecified atom stereocenters. The summed E-state index contributed by atoms with van der Waals surface area (Å²) in [4.78, 5) is 12.8. The summed E-state index contributed by atoms with van der Waals surface area (Å²) in [5.74, 6) is -0.812. The number of nitrogens with zero attached hydrogens (tertiary/aromatic N) is 1. The summed E-state index contributed by atoms with van der Waals surface area (Å²) in [6.07, 6.45) is 0.0759. The average molecular weight is 256 g/mol. The van der Waals surface area contributed by atoms with Crippen LogP contribution in [0.25, 0.3) is 0 Å². The van der Waals surface area contributed by atoms with Crippen molar-refractivity contribution in [2.24, 2.45) is 0 Å². The Kier molecular flexibility index (Phi) is 3.86. The number of hydrogen-bond donors (Lipinski definition) is 1. The molecule has 1 saturated heterocycles. The van der Waals surface area contributed by atoms with Gasteiger partial charge in [-0.2, -0.15) is 0 Å². The average Bonchev–Trinajstić information content (AvgIpc) is 2.29. The smallest absolute Gasteiger partial charge is 0.305 e. The molecule has 1 fully saturated rings. The lowest BCUT2D eigenvalue weighted by Gasteiger charge is -2.36. The molecular formula is C12H14ClNO3. The standard InChI is InChI=1S/C12H14ClNO3/c13-9-2-1-3-10(6-9)14-4-5-17-8-11(14)7-12(15)16/h1-3,6,11H,4-5,7-8H2,(H,15,16). The minimum Gasteiger partial charge on any atom is -0.481 e. The summed E-state index contributed by atoms with van der Waals surface area (Å²) in [6.45, 7) is 1.75. The van der Waals surface area contributed by atoms with Crippen LogP contribution < -0.4 is 4.90 Å². The Morgan fingerprint density at radius 3 is 3.12 bits per heavy atom. The second-order valence-electron chi connectivity index (χ2n) is 4.00. The van der Waals surface area contributed by atoms with Crippen molar-refractivity contribution in [3.8, 4) is 0 Å². The van der Waals surface area contributed by atoms with Gasteiger partial charge < -0.3 is 14.7 Å². The molecule has 0 aromatic heterocycles. The molecule has 0 bridgehead atoms. The number of carboxylic acids is 1. The lowest BCUT2D eigenvalue weighted by molar-refractivity contribution is -0.138. The maximum atomic E-state index is 10.8. The molecule has 1 aromatic rings. The number of carbonyl (C=O) groups is 1. The van der Waals surface area contributed by atoms with Crippen LogP contribution in [0.15, 0.2) is 24.3 Å². The number of benzene rings is 1. The maximum absolute atomic E-state index is 10.8. The summed E-state index contributed by atoms with van der Waals surface area (Å²) < 4.78 is 5.33. The summed E-state index contributed by atoms with van der Waals surface area (Å²) >= 11 is 5.94. The molecule has 1 aliphatic rings. The van der Waals surface area contributed by atoms with Crippen molar-refractivity contribution in [3.63, 3.8) is 0 Å². The Bertz CT molecular complexity index is 410. The molecule has 0 saturated carbocycles. The van der Waals surface area contributed by atoms with Crippen molar-refractivity contribution in [3.05, 3.63) is 29.3 Å². The van der Waals surface area contributed by atoms with Gasteiger partial charge in [-0.25, -0.2) is 0 Å². The Hall–Kier alpha value is -1.26. The fourth-order valence-corrected chi connectivity index (χ4v) is 2.20. The molecule has 0 spiro atoms. The number of morpholine rings is 1. The number of carboxylic acid groups (broad SMARTS) is 1. The predicted molar refractivity (Wildman–Crippen MR) is 65.7 cm³/mol. The molecule has 0 aliphatic carbocycles. The third kappa shape index (κ3) is 3.11. The zero-order valence-electron chi connectivity index (χ0n) is 9.30. The van der Waals surface area contributed by atoms with Crippen LogP contribution in [0.1, 0.15) is 6.42 Å². The number of rotatable bonds is 3. The van der Waals surface area contributed by atoms with E-state index in [2.05, 4.69) is 0 Å². The zero-order valence-corrected chi connectivity index (χ0v) is 10.1. The number of hydrogen-bond acceptors (Lipinski definition) is 3. The number of halogens is 1. The van der Waals surface area contributed by atoms with Crippen molar-refractivity contribution in [2.45, 2.75) is 12.5 Å². The molecule has 2 rings (SSSR count). The first-order valence-corrected chi connectivity index (χ1v) is 5.86. The lowest BCUT2D eigenvalue weighted by Crippen LogP contribution is -2.46. The second-order valence-corrected chi connectivity index (χ2v) is 4.44. The van der Waals surface area contributed by atoms with Crippen molar-refractivity contribution in [2.75, 3.05) is 24.7 Å². The predicted octanol–water partition coefficient (Wildman–Crippen LogP) is 2.02. The summed E-state index contributed by atoms with van der Waals surface area (Å²) in [5.41, 5.74) is 0.951. The van der Waals surface area contributed by atoms with Crippen molar-refractivity contribution in [1.29, 1.82) is 0 Å². The van der Waals surface area contributed by atoms with Gasteiger partial charge in [0.15, 0.2) is 0 Å². The molecular weight excluding hydrogens is 242 g/mol. The van der Waals surface area contributed by atoms with E-state index in [1.54, 1.807) is 6.07 Å². The number of aliphatic carboxylic acids is 1. The Balaban J connectivity index is 2.18. The lowest BCUT2D eigenvalue weighted by atomic mass is 10.1. The quantitative estimate of drug-likeness (QED) is 0.898. The molecule has 1 aromatic carbocycles. The number of ether oxygens (including phenoxy) is 1. The highest BCUT2D eigenvalue weighted by molar-refractivity contribution is 6.30. The van der Waals surface area contributed by atoms with Crippen LogP contribution >= 0.6 is 11.6 Å². The molecule has 4 nitrogen and oxygen atoms in total. The van der Waals surface area contributed by atoms with E-state index in [1.165, 1.54) is 0 Å². The van der Waals surface area contributed by atoms with Crippen LogP contribution in [0, 0.1) is 0 Å². The van der Waals surface area contributed by atoms with Gasteiger partial charge in [0, 0.05) is 17.3 Å². The van der Waals surface area contributed by atoms with Gasteiger partial charge in [-0.15, -0.1) is 0 Å². The molecule has 1 atom stereocenters. The summed E-state index contributed by atoms with van der Waals surface area (Å²) in [7, 11) is 0. The molecule has 17 heavy (non-hydrogen) atoms. The highest BCUT2D eigenvalue weighted by Gasteiger charge is 2.25. The first-order valence-electron chi connectivity index (χ1n) is 5.48. The van der Waals surface area contributed by atoms with Crippen LogP contribution in [-0.2, 0) is 9.53 Å². The van der Waals surface area contributed by atoms with E-state index in [-0.39, 0.29) is 12.5 Å². The van der Waals surface area contributed by atoms with Gasteiger partial charge >= 0.3 is 5.97 Å². The molecule has 1 aliphatic heterocycles. The fourth-order valence-electron chi connectivity index (χ4n) is 2.02. The van der Waals surface area contributed by atoms with Gasteiger partial charge in [0.2, 0.25) is 0 Å². The molecule has 92 valence electrons. The van der Waals surface area contributed by atoms with Gasteiger partial charge in [-0.3, -0.25) is 4.79 Å². The zero-order chi connectivity index (χ0) is 12.3. The monoisotopic (exact) mass is 255 g/mol. The van der Waals surface area contributed by atoms with Crippen LogP contribution in [0.3, 0.4) is 0 Å². The Morgan fingerprint density at radius 2 is 2.41 bits per heavy atom.